The van der Waals surface area contributed by atoms with Crippen molar-refractivity contribution in [3.05, 3.63) is 0 Å². The number of hydrazine groups is 1. The zero-order valence-corrected chi connectivity index (χ0v) is 7.00. The van der Waals surface area contributed by atoms with Gasteiger partial charge in [0.1, 0.15) is 6.67 Å². The van der Waals surface area contributed by atoms with Crippen molar-refractivity contribution in [2.75, 3.05) is 39.5 Å². The van der Waals surface area contributed by atoms with Gasteiger partial charge in [0.15, 0.2) is 0 Å². The summed E-state index contributed by atoms with van der Waals surface area (Å²) in [4.78, 5) is 0. The van der Waals surface area contributed by atoms with Crippen molar-refractivity contribution in [1.29, 1.82) is 0 Å². The van der Waals surface area contributed by atoms with E-state index in [1.165, 1.54) is 0 Å². The topological polar surface area (TPSA) is 44.7 Å². The summed E-state index contributed by atoms with van der Waals surface area (Å²) in [6.45, 7) is 2.34. The van der Waals surface area contributed by atoms with Crippen LogP contribution >= 0.6 is 0 Å². The number of rotatable bonds is 3. The smallest absolute Gasteiger partial charge is 0.117 e. The molecule has 1 fully saturated rings. The molecular formula is C7H15FN2O2. The predicted molar refractivity (Wildman–Crippen MR) is 42.4 cm³/mol. The summed E-state index contributed by atoms with van der Waals surface area (Å²) in [5, 5.41) is 10.8. The van der Waals surface area contributed by atoms with Crippen molar-refractivity contribution in [3.8, 4) is 0 Å². The average Bonchev–Trinajstić information content (AvgIpc) is 2.33. The summed E-state index contributed by atoms with van der Waals surface area (Å²) in [5.74, 6) is 0. The molecule has 0 bridgehead atoms. The van der Waals surface area contributed by atoms with E-state index in [0.717, 1.165) is 6.54 Å². The van der Waals surface area contributed by atoms with Gasteiger partial charge in [-0.15, -0.1) is 0 Å². The van der Waals surface area contributed by atoms with Gasteiger partial charge in [-0.05, 0) is 0 Å². The lowest BCUT2D eigenvalue weighted by molar-refractivity contribution is 0.0652. The lowest BCUT2D eigenvalue weighted by Gasteiger charge is -2.21. The highest BCUT2D eigenvalue weighted by Gasteiger charge is 2.12. The van der Waals surface area contributed by atoms with Crippen LogP contribution in [0.3, 0.4) is 0 Å². The zero-order valence-electron chi connectivity index (χ0n) is 7.00. The monoisotopic (exact) mass is 178 g/mol. The van der Waals surface area contributed by atoms with E-state index in [1.54, 1.807) is 5.01 Å². The summed E-state index contributed by atoms with van der Waals surface area (Å²) >= 11 is 0. The van der Waals surface area contributed by atoms with Crippen LogP contribution in [0.2, 0.25) is 0 Å². The second-order valence-electron chi connectivity index (χ2n) is 2.77. The first-order valence-corrected chi connectivity index (χ1v) is 4.13. The van der Waals surface area contributed by atoms with Crippen LogP contribution in [0.4, 0.5) is 4.39 Å². The molecule has 1 aliphatic rings. The van der Waals surface area contributed by atoms with Crippen LogP contribution in [0.1, 0.15) is 0 Å². The minimum absolute atomic E-state index is 0.319. The quantitative estimate of drug-likeness (QED) is 0.591. The Morgan fingerprint density at radius 3 is 3.17 bits per heavy atom. The Balaban J connectivity index is 2.20. The second-order valence-corrected chi connectivity index (χ2v) is 2.77. The Morgan fingerprint density at radius 2 is 2.42 bits per heavy atom. The maximum absolute atomic E-state index is 11.9. The number of aliphatic hydroxyl groups excluding tert-OH is 1. The molecule has 1 unspecified atom stereocenters. The van der Waals surface area contributed by atoms with Crippen molar-refractivity contribution in [2.24, 2.45) is 0 Å². The fourth-order valence-corrected chi connectivity index (χ4v) is 1.09. The molecule has 4 nitrogen and oxygen atoms in total. The van der Waals surface area contributed by atoms with E-state index in [1.807, 2.05) is 0 Å². The first-order valence-electron chi connectivity index (χ1n) is 4.13. The molecule has 2 N–H and O–H groups in total. The average molecular weight is 178 g/mol. The molecule has 0 spiro atoms. The highest BCUT2D eigenvalue weighted by Crippen LogP contribution is 1.93. The van der Waals surface area contributed by atoms with Crippen LogP contribution in [0, 0.1) is 0 Å². The van der Waals surface area contributed by atoms with Crippen LogP contribution in [0.15, 0.2) is 0 Å². The van der Waals surface area contributed by atoms with Crippen LogP contribution < -0.4 is 5.43 Å². The fraction of sp³-hybridized carbons (Fsp3) is 1.00. The van der Waals surface area contributed by atoms with Crippen molar-refractivity contribution >= 4 is 0 Å². The Labute approximate surface area is 71.3 Å². The molecule has 1 saturated heterocycles. The molecule has 12 heavy (non-hydrogen) atoms. The number of halogens is 1. The molecule has 5 heteroatoms. The van der Waals surface area contributed by atoms with Gasteiger partial charge in [0.2, 0.25) is 0 Å². The molecule has 0 radical (unpaired) electrons. The van der Waals surface area contributed by atoms with Gasteiger partial charge >= 0.3 is 0 Å². The normalized spacial score (nSPS) is 23.5. The molecule has 1 rings (SSSR count). The fourth-order valence-electron chi connectivity index (χ4n) is 1.09. The Hall–Kier alpha value is -0.230. The van der Waals surface area contributed by atoms with Gasteiger partial charge < -0.3 is 9.84 Å². The standard InChI is InChI=1S/C7H15FN2O2/c8-5-7(11)6-10-2-4-12-3-1-9-10/h7,9,11H,1-6H2. The van der Waals surface area contributed by atoms with E-state index >= 15 is 0 Å². The van der Waals surface area contributed by atoms with Crippen LogP contribution in [0.5, 0.6) is 0 Å². The van der Waals surface area contributed by atoms with Crippen molar-refractivity contribution in [3.63, 3.8) is 0 Å². The maximum Gasteiger partial charge on any atom is 0.117 e. The molecule has 1 heterocycles. The first-order chi connectivity index (χ1) is 5.83. The number of β-amino-alcohol motifs (C(OH)–C–C–N with tert-alkyl or cyclic N) is 1. The molecular weight excluding hydrogens is 163 g/mol. The van der Waals surface area contributed by atoms with Gasteiger partial charge in [0, 0.05) is 19.6 Å². The molecule has 0 aliphatic carbocycles. The lowest BCUT2D eigenvalue weighted by Crippen LogP contribution is -2.44. The number of nitrogens with zero attached hydrogens (tertiary/aromatic N) is 1. The van der Waals surface area contributed by atoms with Gasteiger partial charge in [-0.3, -0.25) is 5.43 Å². The van der Waals surface area contributed by atoms with E-state index in [2.05, 4.69) is 5.43 Å². The number of nitrogens with one attached hydrogen (secondary N) is 1. The third kappa shape index (κ3) is 3.44. The molecule has 0 aromatic carbocycles. The summed E-state index contributed by atoms with van der Waals surface area (Å²) in [5.41, 5.74) is 3.03. The Kier molecular flexibility index (Phi) is 4.45. The maximum atomic E-state index is 11.9. The largest absolute Gasteiger partial charge is 0.389 e. The molecule has 1 aliphatic heterocycles. The van der Waals surface area contributed by atoms with Crippen LogP contribution in [0.25, 0.3) is 0 Å². The molecule has 0 aromatic rings. The van der Waals surface area contributed by atoms with Gasteiger partial charge in [-0.25, -0.2) is 9.40 Å². The number of hydrogen-bond acceptors (Lipinski definition) is 4. The number of alkyl halides is 1. The highest BCUT2D eigenvalue weighted by molar-refractivity contribution is 4.62. The second kappa shape index (κ2) is 5.42. The molecule has 1 atom stereocenters. The van der Waals surface area contributed by atoms with Crippen molar-refractivity contribution < 1.29 is 14.2 Å². The molecule has 0 amide bonds. The summed E-state index contributed by atoms with van der Waals surface area (Å²) < 4.78 is 17.1. The van der Waals surface area contributed by atoms with E-state index in [4.69, 9.17) is 9.84 Å². The predicted octanol–water partition coefficient (Wildman–Crippen LogP) is -0.846. The number of ether oxygens (including phenoxy) is 1. The summed E-state index contributed by atoms with van der Waals surface area (Å²) in [6, 6.07) is 0. The van der Waals surface area contributed by atoms with Gasteiger partial charge in [0.25, 0.3) is 0 Å². The molecule has 72 valence electrons. The number of hydrogen-bond donors (Lipinski definition) is 2. The SMILES string of the molecule is OC(CF)CN1CCOCCN1. The van der Waals surface area contributed by atoms with Crippen molar-refractivity contribution in [2.45, 2.75) is 6.10 Å². The van der Waals surface area contributed by atoms with Crippen LogP contribution in [-0.4, -0.2) is 55.7 Å². The third-order valence-corrected chi connectivity index (χ3v) is 1.70. The van der Waals surface area contributed by atoms with Crippen molar-refractivity contribution in [1.82, 2.24) is 10.4 Å². The van der Waals surface area contributed by atoms with E-state index in [0.29, 0.717) is 26.3 Å². The Morgan fingerprint density at radius 1 is 1.58 bits per heavy atom. The molecule has 0 aromatic heterocycles. The third-order valence-electron chi connectivity index (χ3n) is 1.70. The molecule has 0 saturated carbocycles. The lowest BCUT2D eigenvalue weighted by atomic mass is 10.4. The summed E-state index contributed by atoms with van der Waals surface area (Å²) in [7, 11) is 0. The van der Waals surface area contributed by atoms with E-state index in [-0.39, 0.29) is 0 Å². The van der Waals surface area contributed by atoms with Gasteiger partial charge in [-0.2, -0.15) is 0 Å². The zero-order chi connectivity index (χ0) is 8.81. The Bertz CT molecular complexity index is 118. The van der Waals surface area contributed by atoms with Gasteiger partial charge in [-0.1, -0.05) is 0 Å². The minimum atomic E-state index is -0.893. The van der Waals surface area contributed by atoms with Crippen LogP contribution in [-0.2, 0) is 4.74 Å². The number of aliphatic hydroxyl groups is 1. The van der Waals surface area contributed by atoms with E-state index in [9.17, 15) is 4.39 Å². The highest BCUT2D eigenvalue weighted by atomic mass is 19.1. The minimum Gasteiger partial charge on any atom is -0.389 e. The van der Waals surface area contributed by atoms with E-state index < -0.39 is 12.8 Å². The van der Waals surface area contributed by atoms with Gasteiger partial charge in [0.05, 0.1) is 19.3 Å². The first kappa shape index (κ1) is 9.85. The summed E-state index contributed by atoms with van der Waals surface area (Å²) in [6.07, 6.45) is -0.893.